The highest BCUT2D eigenvalue weighted by Crippen LogP contribution is 2.31. The van der Waals surface area contributed by atoms with Crippen molar-refractivity contribution >= 4 is 38.7 Å². The molecule has 0 amide bonds. The molecule has 0 aromatic carbocycles. The fourth-order valence-corrected chi connectivity index (χ4v) is 6.29. The Morgan fingerprint density at radius 2 is 1.57 bits per heavy atom. The Morgan fingerprint density at radius 1 is 1.02 bits per heavy atom. The van der Waals surface area contributed by atoms with Gasteiger partial charge in [0, 0.05) is 11.6 Å². The molecule has 11 heteroatoms. The molecule has 0 unspecified atom stereocenters. The topological polar surface area (TPSA) is 107 Å². The predicted molar refractivity (Wildman–Crippen MR) is 166 cm³/mol. The van der Waals surface area contributed by atoms with Crippen LogP contribution in [0.4, 0.5) is 0 Å². The number of rotatable bonds is 7. The van der Waals surface area contributed by atoms with E-state index >= 15 is 0 Å². The highest BCUT2D eigenvalue weighted by Gasteiger charge is 2.35. The maximum absolute atomic E-state index is 12.7. The number of thiophene rings is 2. The Hall–Kier alpha value is -2.34. The summed E-state index contributed by atoms with van der Waals surface area (Å²) in [7, 11) is -2.94. The van der Waals surface area contributed by atoms with Crippen molar-refractivity contribution < 1.29 is 17.9 Å². The lowest BCUT2D eigenvalue weighted by atomic mass is 10.0. The second-order valence-corrected chi connectivity index (χ2v) is 15.1. The van der Waals surface area contributed by atoms with E-state index in [1.54, 1.807) is 33.6 Å². The number of hydrogen-bond donors (Lipinski definition) is 1. The van der Waals surface area contributed by atoms with Crippen LogP contribution < -0.4 is 10.3 Å². The van der Waals surface area contributed by atoms with Crippen LogP contribution in [-0.2, 0) is 19.6 Å². The zero-order chi connectivity index (χ0) is 30.3. The van der Waals surface area contributed by atoms with E-state index in [1.807, 2.05) is 96.0 Å². The van der Waals surface area contributed by atoms with E-state index in [4.69, 9.17) is 4.74 Å². The van der Waals surface area contributed by atoms with Gasteiger partial charge in [-0.15, -0.1) is 0 Å². The molecule has 1 aliphatic rings. The number of ether oxygens (including phenoxy) is 1. The third-order valence-electron chi connectivity index (χ3n) is 5.38. The second-order valence-electron chi connectivity index (χ2n) is 11.5. The fraction of sp³-hybridized carbons (Fsp3) is 0.552. The van der Waals surface area contributed by atoms with Gasteiger partial charge in [-0.05, 0) is 106 Å². The lowest BCUT2D eigenvalue weighted by Crippen LogP contribution is -2.32. The van der Waals surface area contributed by atoms with E-state index in [0.29, 0.717) is 0 Å². The third kappa shape index (κ3) is 10.6. The first-order valence-electron chi connectivity index (χ1n) is 13.4. The molecule has 3 heterocycles. The minimum absolute atomic E-state index is 0.0258. The summed E-state index contributed by atoms with van der Waals surface area (Å²) in [4.78, 5) is 23.7. The second kappa shape index (κ2) is 14.5. The highest BCUT2D eigenvalue weighted by molar-refractivity contribution is 7.90. The van der Waals surface area contributed by atoms with Crippen LogP contribution >= 0.6 is 22.7 Å². The maximum atomic E-state index is 12.7. The monoisotopic (exact) mass is 609 g/mol. The average Bonchev–Trinajstić information content (AvgIpc) is 3.31. The minimum Gasteiger partial charge on any atom is -0.460 e. The first-order chi connectivity index (χ1) is 18.5. The summed E-state index contributed by atoms with van der Waals surface area (Å²) < 4.78 is 31.3. The molecule has 0 atom stereocenters. The molecule has 8 nitrogen and oxygen atoms in total. The molecule has 4 rings (SSSR count). The summed E-state index contributed by atoms with van der Waals surface area (Å²) >= 11 is 3.22. The molecule has 1 fully saturated rings. The number of hydrogen-bond acceptors (Lipinski definition) is 8. The molecule has 1 N–H and O–H groups in total. The van der Waals surface area contributed by atoms with Gasteiger partial charge in [0.2, 0.25) is 10.0 Å². The van der Waals surface area contributed by atoms with E-state index in [0.717, 1.165) is 35.1 Å². The van der Waals surface area contributed by atoms with Crippen molar-refractivity contribution in [1.82, 2.24) is 14.5 Å². The lowest BCUT2D eigenvalue weighted by Gasteiger charge is -2.20. The van der Waals surface area contributed by atoms with Crippen molar-refractivity contribution in [3.05, 3.63) is 50.2 Å². The van der Waals surface area contributed by atoms with Crippen LogP contribution in [0.2, 0.25) is 0 Å². The minimum atomic E-state index is -2.94. The zero-order valence-electron chi connectivity index (χ0n) is 24.9. The highest BCUT2D eigenvalue weighted by atomic mass is 32.2. The molecule has 0 radical (unpaired) electrons. The van der Waals surface area contributed by atoms with E-state index < -0.39 is 10.0 Å². The van der Waals surface area contributed by atoms with Gasteiger partial charge in [-0.2, -0.15) is 27.8 Å². The van der Waals surface area contributed by atoms with Crippen molar-refractivity contribution in [1.29, 1.82) is 0 Å². The van der Waals surface area contributed by atoms with Crippen LogP contribution in [0.25, 0.3) is 22.3 Å². The predicted octanol–water partition coefficient (Wildman–Crippen LogP) is 6.74. The van der Waals surface area contributed by atoms with Gasteiger partial charge in [-0.1, -0.05) is 13.8 Å². The number of esters is 1. The third-order valence-corrected chi connectivity index (χ3v) is 8.89. The van der Waals surface area contributed by atoms with E-state index in [-0.39, 0.29) is 40.4 Å². The molecule has 222 valence electrons. The SMILES string of the molecule is CC(C)C(=O)OC(C)(C)C.CC(C)NS(=O)(=O)C1CC1.CC(C)n1ncc(-c2ccsc2)c(-c2ccsc2)c1=O. The van der Waals surface area contributed by atoms with Gasteiger partial charge in [0.05, 0.1) is 29.0 Å². The van der Waals surface area contributed by atoms with Gasteiger partial charge < -0.3 is 4.74 Å². The van der Waals surface area contributed by atoms with Gasteiger partial charge in [0.15, 0.2) is 0 Å². The molecule has 40 heavy (non-hydrogen) atoms. The van der Waals surface area contributed by atoms with Gasteiger partial charge in [0.25, 0.3) is 5.56 Å². The van der Waals surface area contributed by atoms with Crippen molar-refractivity contribution in [3.63, 3.8) is 0 Å². The Kier molecular flexibility index (Phi) is 12.3. The van der Waals surface area contributed by atoms with Crippen LogP contribution in [0.3, 0.4) is 0 Å². The zero-order valence-corrected chi connectivity index (χ0v) is 27.4. The number of carbonyl (C=O) groups is 1. The molecule has 0 aliphatic heterocycles. The van der Waals surface area contributed by atoms with Crippen LogP contribution in [0.1, 0.15) is 81.2 Å². The lowest BCUT2D eigenvalue weighted by molar-refractivity contribution is -0.158. The molecular formula is C29H43N3O5S3. The number of carbonyl (C=O) groups excluding carboxylic acids is 1. The standard InChI is InChI=1S/C15H14N2OS2.C8H16O2.C6H13NO2S/c1-10(2)17-15(18)14(12-4-6-20-9-12)13(7-16-17)11-3-5-19-8-11;1-6(2)7(9)10-8(3,4)5;1-5(2)7-10(8,9)6-3-4-6/h3-10H,1-2H3;6H,1-5H3;5-7H,3-4H2,1-2H3. The van der Waals surface area contributed by atoms with Gasteiger partial charge in [-0.3, -0.25) is 9.59 Å². The van der Waals surface area contributed by atoms with E-state index in [2.05, 4.69) is 9.82 Å². The number of aromatic nitrogens is 2. The molecule has 3 aromatic heterocycles. The Morgan fingerprint density at radius 3 is 1.95 bits per heavy atom. The summed E-state index contributed by atoms with van der Waals surface area (Å²) in [6.07, 6.45) is 3.47. The molecule has 0 bridgehead atoms. The van der Waals surface area contributed by atoms with Gasteiger partial charge in [0.1, 0.15) is 5.60 Å². The van der Waals surface area contributed by atoms with Crippen LogP contribution in [-0.4, -0.2) is 41.1 Å². The van der Waals surface area contributed by atoms with Crippen molar-refractivity contribution in [2.24, 2.45) is 5.92 Å². The first kappa shape index (κ1) is 33.9. The quantitative estimate of drug-likeness (QED) is 0.297. The molecule has 0 spiro atoms. The van der Waals surface area contributed by atoms with Crippen LogP contribution in [0.15, 0.2) is 44.6 Å². The van der Waals surface area contributed by atoms with Crippen LogP contribution in [0, 0.1) is 5.92 Å². The summed E-state index contributed by atoms with van der Waals surface area (Å²) in [5, 5.41) is 12.3. The van der Waals surface area contributed by atoms with E-state index in [1.165, 1.54) is 0 Å². The van der Waals surface area contributed by atoms with Crippen molar-refractivity contribution in [2.45, 2.75) is 98.1 Å². The van der Waals surface area contributed by atoms with Crippen molar-refractivity contribution in [3.8, 4) is 22.3 Å². The Labute approximate surface area is 246 Å². The average molecular weight is 610 g/mol. The largest absolute Gasteiger partial charge is 0.460 e. The van der Waals surface area contributed by atoms with Crippen LogP contribution in [0.5, 0.6) is 0 Å². The Balaban J connectivity index is 0.000000237. The van der Waals surface area contributed by atoms with Gasteiger partial charge >= 0.3 is 5.97 Å². The number of nitrogens with one attached hydrogen (secondary N) is 1. The molecule has 1 saturated carbocycles. The number of sulfonamides is 1. The summed E-state index contributed by atoms with van der Waals surface area (Å²) in [5.74, 6) is -0.160. The maximum Gasteiger partial charge on any atom is 0.308 e. The molecular weight excluding hydrogens is 567 g/mol. The summed E-state index contributed by atoms with van der Waals surface area (Å²) in [6, 6.07) is 4.10. The smallest absolute Gasteiger partial charge is 0.308 e. The molecule has 0 saturated heterocycles. The summed E-state index contributed by atoms with van der Waals surface area (Å²) in [6.45, 7) is 16.9. The first-order valence-corrected chi connectivity index (χ1v) is 16.9. The number of nitrogens with zero attached hydrogens (tertiary/aromatic N) is 2. The van der Waals surface area contributed by atoms with Crippen molar-refractivity contribution in [2.75, 3.05) is 0 Å². The molecule has 1 aliphatic carbocycles. The molecule has 3 aromatic rings. The normalized spacial score (nSPS) is 13.5. The van der Waals surface area contributed by atoms with E-state index in [9.17, 15) is 18.0 Å². The van der Waals surface area contributed by atoms with Gasteiger partial charge in [-0.25, -0.2) is 17.8 Å². The fourth-order valence-electron chi connectivity index (χ4n) is 3.38. The Bertz CT molecular complexity index is 1370. The summed E-state index contributed by atoms with van der Waals surface area (Å²) in [5.41, 5.74) is 3.30.